The van der Waals surface area contributed by atoms with E-state index in [1.54, 1.807) is 35.3 Å². The molecule has 0 saturated carbocycles. The van der Waals surface area contributed by atoms with Gasteiger partial charge < -0.3 is 5.73 Å². The van der Waals surface area contributed by atoms with E-state index in [0.29, 0.717) is 17.8 Å². The number of hydrogen-bond donors (Lipinski definition) is 1. The van der Waals surface area contributed by atoms with Gasteiger partial charge in [0.2, 0.25) is 0 Å². The molecule has 0 aliphatic carbocycles. The van der Waals surface area contributed by atoms with Gasteiger partial charge in [-0.25, -0.2) is 4.39 Å². The zero-order valence-corrected chi connectivity index (χ0v) is 8.75. The highest BCUT2D eigenvalue weighted by Gasteiger charge is 2.01. The molecule has 2 N–H and O–H groups in total. The third kappa shape index (κ3) is 2.70. The van der Waals surface area contributed by atoms with E-state index in [4.69, 9.17) is 5.73 Å². The summed E-state index contributed by atoms with van der Waals surface area (Å²) in [7, 11) is 0. The summed E-state index contributed by atoms with van der Waals surface area (Å²) in [4.78, 5) is 0. The zero-order valence-electron chi connectivity index (χ0n) is 7.93. The Morgan fingerprint density at radius 2 is 2.07 bits per heavy atom. The third-order valence-corrected chi connectivity index (χ3v) is 1.94. The van der Waals surface area contributed by atoms with Crippen LogP contribution < -0.4 is 5.73 Å². The van der Waals surface area contributed by atoms with Crippen molar-refractivity contribution >= 4 is 18.1 Å². The first kappa shape index (κ1) is 11.5. The second-order valence-corrected chi connectivity index (χ2v) is 3.06. The largest absolute Gasteiger partial charge is 0.396 e. The fourth-order valence-electron chi connectivity index (χ4n) is 1.27. The predicted molar refractivity (Wildman–Crippen MR) is 59.4 cm³/mol. The van der Waals surface area contributed by atoms with Crippen LogP contribution in [0.1, 0.15) is 5.56 Å². The highest BCUT2D eigenvalue weighted by Crippen LogP contribution is 2.08. The molecule has 15 heavy (non-hydrogen) atoms. The predicted octanol–water partition coefficient (Wildman–Crippen LogP) is 2.07. The fourth-order valence-corrected chi connectivity index (χ4v) is 1.27. The minimum Gasteiger partial charge on any atom is -0.396 e. The molecule has 3 nitrogen and oxygen atoms in total. The van der Waals surface area contributed by atoms with E-state index in [2.05, 4.69) is 5.10 Å². The van der Waals surface area contributed by atoms with Gasteiger partial charge in [0.05, 0.1) is 18.4 Å². The molecule has 1 heterocycles. The Morgan fingerprint density at radius 1 is 1.33 bits per heavy atom. The first-order valence-electron chi connectivity index (χ1n) is 4.27. The van der Waals surface area contributed by atoms with Crippen LogP contribution in [0.4, 0.5) is 10.1 Å². The molecule has 0 aliphatic heterocycles. The lowest BCUT2D eigenvalue weighted by Crippen LogP contribution is -2.01. The third-order valence-electron chi connectivity index (χ3n) is 1.94. The molecule has 0 aliphatic rings. The van der Waals surface area contributed by atoms with Crippen LogP contribution in [0.2, 0.25) is 0 Å². The van der Waals surface area contributed by atoms with Gasteiger partial charge in [-0.2, -0.15) is 5.10 Å². The minimum atomic E-state index is -0.221. The van der Waals surface area contributed by atoms with E-state index in [1.807, 2.05) is 0 Å². The minimum absolute atomic E-state index is 0. The monoisotopic (exact) mass is 227 g/mol. The molecule has 0 radical (unpaired) electrons. The van der Waals surface area contributed by atoms with Gasteiger partial charge in [-0.1, -0.05) is 18.2 Å². The second kappa shape index (κ2) is 4.79. The summed E-state index contributed by atoms with van der Waals surface area (Å²) in [5.41, 5.74) is 6.68. The number of nitrogens with zero attached hydrogens (tertiary/aromatic N) is 2. The highest BCUT2D eigenvalue weighted by molar-refractivity contribution is 5.85. The molecule has 1 aromatic carbocycles. The first-order valence-corrected chi connectivity index (χ1v) is 4.27. The van der Waals surface area contributed by atoms with E-state index in [0.717, 1.165) is 0 Å². The van der Waals surface area contributed by atoms with Gasteiger partial charge in [0.25, 0.3) is 0 Å². The van der Waals surface area contributed by atoms with Gasteiger partial charge in [0, 0.05) is 11.8 Å². The molecule has 0 fully saturated rings. The number of nitrogens with two attached hydrogens (primary N) is 1. The summed E-state index contributed by atoms with van der Waals surface area (Å²) in [6.45, 7) is 0.407. The van der Waals surface area contributed by atoms with E-state index >= 15 is 0 Å². The Kier molecular flexibility index (Phi) is 3.68. The standard InChI is InChI=1S/C10H10FN3.ClH/c11-10-4-2-1-3-8(10)6-14-7-9(12)5-13-14;/h1-5,7H,6,12H2;1H. The second-order valence-electron chi connectivity index (χ2n) is 3.06. The van der Waals surface area contributed by atoms with Crippen LogP contribution >= 0.6 is 12.4 Å². The van der Waals surface area contributed by atoms with E-state index in [1.165, 1.54) is 6.07 Å². The maximum absolute atomic E-state index is 13.2. The topological polar surface area (TPSA) is 43.8 Å². The molecule has 2 aromatic rings. The summed E-state index contributed by atoms with van der Waals surface area (Å²) in [6, 6.07) is 6.62. The summed E-state index contributed by atoms with van der Waals surface area (Å²) < 4.78 is 14.8. The lowest BCUT2D eigenvalue weighted by Gasteiger charge is -2.02. The number of hydrogen-bond acceptors (Lipinski definition) is 2. The Labute approximate surface area is 93.1 Å². The van der Waals surface area contributed by atoms with Gasteiger partial charge in [-0.05, 0) is 6.07 Å². The van der Waals surface area contributed by atoms with E-state index < -0.39 is 0 Å². The summed E-state index contributed by atoms with van der Waals surface area (Å²) >= 11 is 0. The van der Waals surface area contributed by atoms with Crippen LogP contribution in [-0.4, -0.2) is 9.78 Å². The van der Waals surface area contributed by atoms with Gasteiger partial charge >= 0.3 is 0 Å². The molecule has 0 amide bonds. The molecule has 0 saturated heterocycles. The Bertz CT molecular complexity index is 442. The average Bonchev–Trinajstić information content (AvgIpc) is 2.56. The van der Waals surface area contributed by atoms with Crippen molar-refractivity contribution in [2.24, 2.45) is 0 Å². The van der Waals surface area contributed by atoms with Gasteiger partial charge in [-0.15, -0.1) is 12.4 Å². The molecule has 5 heteroatoms. The number of nitrogen functional groups attached to an aromatic ring is 1. The smallest absolute Gasteiger partial charge is 0.128 e. The maximum Gasteiger partial charge on any atom is 0.128 e. The van der Waals surface area contributed by atoms with Crippen LogP contribution in [0, 0.1) is 5.82 Å². The molecule has 1 aromatic heterocycles. The summed E-state index contributed by atoms with van der Waals surface area (Å²) in [5.74, 6) is -0.221. The fraction of sp³-hybridized carbons (Fsp3) is 0.100. The van der Waals surface area contributed by atoms with E-state index in [-0.39, 0.29) is 18.2 Å². The van der Waals surface area contributed by atoms with Crippen LogP contribution in [0.5, 0.6) is 0 Å². The van der Waals surface area contributed by atoms with Crippen molar-refractivity contribution in [3.8, 4) is 0 Å². The Hall–Kier alpha value is -1.55. The summed E-state index contributed by atoms with van der Waals surface area (Å²) in [5, 5.41) is 3.98. The number of benzene rings is 1. The van der Waals surface area contributed by atoms with Crippen molar-refractivity contribution in [2.45, 2.75) is 6.54 Å². The SMILES string of the molecule is Cl.Nc1cnn(Cc2ccccc2F)c1. The number of halogens is 2. The van der Waals surface area contributed by atoms with Crippen molar-refractivity contribution in [1.82, 2.24) is 9.78 Å². The lowest BCUT2D eigenvalue weighted by atomic mass is 10.2. The van der Waals surface area contributed by atoms with Gasteiger partial charge in [-0.3, -0.25) is 4.68 Å². The molecular formula is C10H11ClFN3. The Morgan fingerprint density at radius 3 is 2.67 bits per heavy atom. The zero-order chi connectivity index (χ0) is 9.97. The van der Waals surface area contributed by atoms with Gasteiger partial charge in [0.15, 0.2) is 0 Å². The summed E-state index contributed by atoms with van der Waals surface area (Å²) in [6.07, 6.45) is 3.22. The van der Waals surface area contributed by atoms with Crippen LogP contribution in [-0.2, 0) is 6.54 Å². The quantitative estimate of drug-likeness (QED) is 0.854. The van der Waals surface area contributed by atoms with Crippen molar-refractivity contribution in [2.75, 3.05) is 5.73 Å². The lowest BCUT2D eigenvalue weighted by molar-refractivity contribution is 0.585. The molecular weight excluding hydrogens is 217 g/mol. The maximum atomic E-state index is 13.2. The van der Waals surface area contributed by atoms with Crippen LogP contribution in [0.15, 0.2) is 36.7 Å². The average molecular weight is 228 g/mol. The molecule has 0 atom stereocenters. The van der Waals surface area contributed by atoms with Crippen molar-refractivity contribution in [1.29, 1.82) is 0 Å². The number of aromatic nitrogens is 2. The van der Waals surface area contributed by atoms with Crippen molar-refractivity contribution < 1.29 is 4.39 Å². The van der Waals surface area contributed by atoms with Crippen LogP contribution in [0.3, 0.4) is 0 Å². The molecule has 0 unspecified atom stereocenters. The van der Waals surface area contributed by atoms with E-state index in [9.17, 15) is 4.39 Å². The number of anilines is 1. The molecule has 2 rings (SSSR count). The van der Waals surface area contributed by atoms with Crippen LogP contribution in [0.25, 0.3) is 0 Å². The first-order chi connectivity index (χ1) is 6.75. The molecule has 0 spiro atoms. The molecule has 0 bridgehead atoms. The number of rotatable bonds is 2. The highest BCUT2D eigenvalue weighted by atomic mass is 35.5. The van der Waals surface area contributed by atoms with Crippen molar-refractivity contribution in [3.63, 3.8) is 0 Å². The normalized spacial score (nSPS) is 9.67. The van der Waals surface area contributed by atoms with Crippen molar-refractivity contribution in [3.05, 3.63) is 48.0 Å². The van der Waals surface area contributed by atoms with Gasteiger partial charge in [0.1, 0.15) is 5.82 Å². The Balaban J connectivity index is 0.00000112. The molecule has 80 valence electrons.